The van der Waals surface area contributed by atoms with Gasteiger partial charge in [0.25, 0.3) is 5.56 Å². The lowest BCUT2D eigenvalue weighted by molar-refractivity contribution is -0.125. The average molecular weight is 468 g/mol. The minimum absolute atomic E-state index is 0.281. The van der Waals surface area contributed by atoms with Crippen molar-refractivity contribution >= 4 is 27.5 Å². The first-order valence-corrected chi connectivity index (χ1v) is 11.2. The van der Waals surface area contributed by atoms with E-state index in [1.54, 1.807) is 34.8 Å². The molecule has 3 heterocycles. The average Bonchev–Trinajstić information content (AvgIpc) is 3.41. The Hall–Kier alpha value is -3.66. The summed E-state index contributed by atoms with van der Waals surface area (Å²) in [4.78, 5) is 39.9. The zero-order valence-electron chi connectivity index (χ0n) is 18.9. The predicted octanol–water partition coefficient (Wildman–Crippen LogP) is 2.19. The summed E-state index contributed by atoms with van der Waals surface area (Å²) in [5, 5.41) is 5.38. The van der Waals surface area contributed by atoms with E-state index in [0.717, 1.165) is 15.1 Å². The number of thiophene rings is 1. The summed E-state index contributed by atoms with van der Waals surface area (Å²) >= 11 is 1.31. The van der Waals surface area contributed by atoms with Crippen molar-refractivity contribution in [3.63, 3.8) is 0 Å². The van der Waals surface area contributed by atoms with E-state index >= 15 is 0 Å². The highest BCUT2D eigenvalue weighted by Crippen LogP contribution is 2.31. The monoisotopic (exact) mass is 467 g/mol. The van der Waals surface area contributed by atoms with Crippen molar-refractivity contribution in [2.75, 3.05) is 7.11 Å². The normalized spacial score (nSPS) is 11.8. The fourth-order valence-corrected chi connectivity index (χ4v) is 5.15. The first-order valence-electron chi connectivity index (χ1n) is 10.4. The lowest BCUT2D eigenvalue weighted by Crippen LogP contribution is -2.54. The molecule has 0 radical (unpaired) electrons. The number of hydrogen-bond acceptors (Lipinski definition) is 6. The molecule has 1 aromatic carbocycles. The van der Waals surface area contributed by atoms with E-state index in [1.807, 2.05) is 31.2 Å². The van der Waals surface area contributed by atoms with Gasteiger partial charge in [-0.2, -0.15) is 5.10 Å². The van der Waals surface area contributed by atoms with Crippen molar-refractivity contribution in [3.05, 3.63) is 74.7 Å². The highest BCUT2D eigenvalue weighted by Gasteiger charge is 2.33. The molecule has 1 amide bonds. The molecule has 0 aliphatic heterocycles. The van der Waals surface area contributed by atoms with E-state index in [4.69, 9.17) is 10.5 Å². The van der Waals surface area contributed by atoms with Crippen molar-refractivity contribution in [1.29, 1.82) is 0 Å². The molecule has 0 aliphatic rings. The van der Waals surface area contributed by atoms with E-state index in [9.17, 15) is 14.4 Å². The molecule has 10 heteroatoms. The van der Waals surface area contributed by atoms with Crippen LogP contribution < -0.4 is 21.7 Å². The molecule has 4 aromatic rings. The number of primary amides is 1. The lowest BCUT2D eigenvalue weighted by atomic mass is 10.0. The standard InChI is InChI=1S/C23H25N5O4S/c1-14-17-18(29)28(23(2,3)21(24)30)22(31)26(13-10-15-8-5-6-9-16(15)32-4)20(17)33-19(14)27-12-7-11-25-27/h5-9,11-12H,10,13H2,1-4H3,(H2,24,30). The molecule has 0 bridgehead atoms. The van der Waals surface area contributed by atoms with E-state index in [2.05, 4.69) is 5.10 Å². The van der Waals surface area contributed by atoms with Crippen LogP contribution in [0.15, 0.2) is 52.3 Å². The zero-order chi connectivity index (χ0) is 23.9. The zero-order valence-corrected chi connectivity index (χ0v) is 19.7. The number of para-hydroxylation sites is 1. The first-order chi connectivity index (χ1) is 15.7. The summed E-state index contributed by atoms with van der Waals surface area (Å²) < 4.78 is 9.61. The first kappa shape index (κ1) is 22.5. The van der Waals surface area contributed by atoms with Crippen LogP contribution in [0.1, 0.15) is 25.0 Å². The van der Waals surface area contributed by atoms with E-state index in [1.165, 1.54) is 25.2 Å². The van der Waals surface area contributed by atoms with E-state index < -0.39 is 22.7 Å². The van der Waals surface area contributed by atoms with Gasteiger partial charge in [-0.25, -0.2) is 14.0 Å². The summed E-state index contributed by atoms with van der Waals surface area (Å²) in [6, 6.07) is 9.35. The van der Waals surface area contributed by atoms with Crippen LogP contribution in [0.25, 0.3) is 15.2 Å². The highest BCUT2D eigenvalue weighted by molar-refractivity contribution is 7.21. The number of aromatic nitrogens is 4. The number of nitrogens with two attached hydrogens (primary N) is 1. The third-order valence-corrected chi connectivity index (χ3v) is 7.16. The fourth-order valence-electron chi connectivity index (χ4n) is 3.88. The van der Waals surface area contributed by atoms with Crippen LogP contribution in [0.3, 0.4) is 0 Å². The van der Waals surface area contributed by atoms with Crippen LogP contribution in [-0.4, -0.2) is 31.9 Å². The quantitative estimate of drug-likeness (QED) is 0.448. The Labute approximate surface area is 193 Å². The van der Waals surface area contributed by atoms with Gasteiger partial charge in [-0.15, -0.1) is 0 Å². The van der Waals surface area contributed by atoms with E-state index in [0.29, 0.717) is 28.0 Å². The topological polar surface area (TPSA) is 114 Å². The number of amides is 1. The molecule has 4 rings (SSSR count). The van der Waals surface area contributed by atoms with E-state index in [-0.39, 0.29) is 6.54 Å². The maximum atomic E-state index is 13.6. The van der Waals surface area contributed by atoms with Crippen LogP contribution in [0.2, 0.25) is 0 Å². The SMILES string of the molecule is COc1ccccc1CCn1c(=O)n(C(C)(C)C(N)=O)c(=O)c2c(C)c(-n3cccn3)sc21. The Morgan fingerprint density at radius 3 is 2.58 bits per heavy atom. The molecule has 0 spiro atoms. The van der Waals surface area contributed by atoms with Gasteiger partial charge in [0.15, 0.2) is 0 Å². The Morgan fingerprint density at radius 1 is 1.21 bits per heavy atom. The minimum Gasteiger partial charge on any atom is -0.496 e. The van der Waals surface area contributed by atoms with Gasteiger partial charge in [-0.3, -0.25) is 14.2 Å². The summed E-state index contributed by atoms with van der Waals surface area (Å²) in [5.41, 5.74) is 4.56. The molecule has 0 fully saturated rings. The van der Waals surface area contributed by atoms with Crippen LogP contribution in [0.4, 0.5) is 0 Å². The number of aryl methyl sites for hydroxylation is 3. The second kappa shape index (κ2) is 8.36. The number of methoxy groups -OCH3 is 1. The number of fused-ring (bicyclic) bond motifs is 1. The molecular formula is C23H25N5O4S. The predicted molar refractivity (Wildman–Crippen MR) is 127 cm³/mol. The number of benzene rings is 1. The Kier molecular flexibility index (Phi) is 5.71. The van der Waals surface area contributed by atoms with Gasteiger partial charge in [0, 0.05) is 24.5 Å². The summed E-state index contributed by atoms with van der Waals surface area (Å²) in [6.07, 6.45) is 3.91. The Balaban J connectivity index is 1.99. The number of hydrogen-bond donors (Lipinski definition) is 1. The Morgan fingerprint density at radius 2 is 1.94 bits per heavy atom. The van der Waals surface area contributed by atoms with Crippen molar-refractivity contribution in [2.24, 2.45) is 5.73 Å². The third-order valence-electron chi connectivity index (χ3n) is 5.86. The second-order valence-electron chi connectivity index (χ2n) is 8.22. The van der Waals surface area contributed by atoms with Crippen molar-refractivity contribution in [2.45, 2.75) is 39.3 Å². The van der Waals surface area contributed by atoms with Crippen LogP contribution in [0.5, 0.6) is 5.75 Å². The number of carbonyl (C=O) groups is 1. The summed E-state index contributed by atoms with van der Waals surface area (Å²) in [5.74, 6) is -0.0512. The molecule has 2 N–H and O–H groups in total. The smallest absolute Gasteiger partial charge is 0.333 e. The largest absolute Gasteiger partial charge is 0.496 e. The number of nitrogens with zero attached hydrogens (tertiary/aromatic N) is 4. The number of ether oxygens (including phenoxy) is 1. The van der Waals surface area contributed by atoms with Crippen LogP contribution >= 0.6 is 11.3 Å². The third kappa shape index (κ3) is 3.66. The molecule has 3 aromatic heterocycles. The van der Waals surface area contributed by atoms with Crippen molar-refractivity contribution in [1.82, 2.24) is 18.9 Å². The van der Waals surface area contributed by atoms with Gasteiger partial charge >= 0.3 is 5.69 Å². The number of carbonyl (C=O) groups excluding carboxylic acids is 1. The van der Waals surface area contributed by atoms with Gasteiger partial charge < -0.3 is 10.5 Å². The maximum absolute atomic E-state index is 13.6. The van der Waals surface area contributed by atoms with Gasteiger partial charge in [0.05, 0.1) is 12.5 Å². The number of rotatable bonds is 7. The van der Waals surface area contributed by atoms with Gasteiger partial charge in [-0.05, 0) is 44.9 Å². The Bertz CT molecular complexity index is 1460. The fraction of sp³-hybridized carbons (Fsp3) is 0.304. The maximum Gasteiger partial charge on any atom is 0.333 e. The van der Waals surface area contributed by atoms with Crippen LogP contribution in [-0.2, 0) is 23.3 Å². The minimum atomic E-state index is -1.51. The second-order valence-corrected chi connectivity index (χ2v) is 9.20. The molecular weight excluding hydrogens is 442 g/mol. The molecule has 9 nitrogen and oxygen atoms in total. The van der Waals surface area contributed by atoms with Gasteiger partial charge in [-0.1, -0.05) is 29.5 Å². The molecule has 0 saturated heterocycles. The highest BCUT2D eigenvalue weighted by atomic mass is 32.1. The molecule has 33 heavy (non-hydrogen) atoms. The molecule has 0 aliphatic carbocycles. The van der Waals surface area contributed by atoms with Gasteiger partial charge in [0.1, 0.15) is 21.1 Å². The lowest BCUT2D eigenvalue weighted by Gasteiger charge is -2.24. The molecule has 172 valence electrons. The summed E-state index contributed by atoms with van der Waals surface area (Å²) in [7, 11) is 1.59. The van der Waals surface area contributed by atoms with Crippen molar-refractivity contribution < 1.29 is 9.53 Å². The molecule has 0 unspecified atom stereocenters. The van der Waals surface area contributed by atoms with Crippen molar-refractivity contribution in [3.8, 4) is 10.8 Å². The molecule has 0 atom stereocenters. The summed E-state index contributed by atoms with van der Waals surface area (Å²) in [6.45, 7) is 5.05. The molecule has 0 saturated carbocycles. The van der Waals surface area contributed by atoms with Crippen LogP contribution in [0, 0.1) is 6.92 Å². The van der Waals surface area contributed by atoms with Gasteiger partial charge in [0.2, 0.25) is 5.91 Å².